The number of benzene rings is 1. The van der Waals surface area contributed by atoms with Gasteiger partial charge in [-0.3, -0.25) is 4.90 Å². The predicted octanol–water partition coefficient (Wildman–Crippen LogP) is 2.43. The number of morpholine rings is 1. The number of rotatable bonds is 3. The zero-order valence-corrected chi connectivity index (χ0v) is 11.4. The fourth-order valence-electron chi connectivity index (χ4n) is 2.59. The van der Waals surface area contributed by atoms with Crippen LogP contribution in [0.2, 0.25) is 0 Å². The van der Waals surface area contributed by atoms with E-state index in [9.17, 15) is 13.2 Å². The third-order valence-electron chi connectivity index (χ3n) is 3.64. The van der Waals surface area contributed by atoms with Crippen LogP contribution in [0.15, 0.2) is 24.3 Å². The minimum absolute atomic E-state index is 0.145. The first kappa shape index (κ1) is 15.3. The first-order valence-electron chi connectivity index (χ1n) is 6.64. The monoisotopic (exact) mass is 288 g/mol. The zero-order valence-electron chi connectivity index (χ0n) is 11.4. The number of halogens is 3. The molecule has 0 saturated carbocycles. The maximum Gasteiger partial charge on any atom is 0.416 e. The minimum Gasteiger partial charge on any atom is -0.379 e. The topological polar surface area (TPSA) is 38.5 Å². The molecule has 0 radical (unpaired) electrons. The molecule has 1 aromatic carbocycles. The van der Waals surface area contributed by atoms with E-state index in [2.05, 4.69) is 4.90 Å². The van der Waals surface area contributed by atoms with Crippen molar-refractivity contribution < 1.29 is 17.9 Å². The summed E-state index contributed by atoms with van der Waals surface area (Å²) in [6.45, 7) is 4.12. The summed E-state index contributed by atoms with van der Waals surface area (Å²) in [6, 6.07) is 5.35. The molecule has 2 atom stereocenters. The summed E-state index contributed by atoms with van der Waals surface area (Å²) in [5, 5.41) is 0. The van der Waals surface area contributed by atoms with E-state index >= 15 is 0 Å². The summed E-state index contributed by atoms with van der Waals surface area (Å²) in [7, 11) is 0. The summed E-state index contributed by atoms with van der Waals surface area (Å²) < 4.78 is 43.7. The van der Waals surface area contributed by atoms with E-state index in [1.807, 2.05) is 6.92 Å². The zero-order chi connectivity index (χ0) is 14.8. The van der Waals surface area contributed by atoms with E-state index in [0.717, 1.165) is 6.07 Å². The Morgan fingerprint density at radius 3 is 2.80 bits per heavy atom. The van der Waals surface area contributed by atoms with Crippen LogP contribution in [-0.2, 0) is 10.9 Å². The van der Waals surface area contributed by atoms with E-state index in [1.165, 1.54) is 12.1 Å². The summed E-state index contributed by atoms with van der Waals surface area (Å²) in [5.74, 6) is 0. The van der Waals surface area contributed by atoms with Gasteiger partial charge in [0.05, 0.1) is 18.8 Å². The first-order valence-corrected chi connectivity index (χ1v) is 6.64. The molecule has 3 nitrogen and oxygen atoms in total. The van der Waals surface area contributed by atoms with Crippen LogP contribution in [0.5, 0.6) is 0 Å². The standard InChI is InChI=1S/C14H19F3N2O/c1-10-9-20-6-5-19(10)13(8-18)11-3-2-4-12(7-11)14(15,16)17/h2-4,7,10,13H,5-6,8-9,18H2,1H3. The fraction of sp³-hybridized carbons (Fsp3) is 0.571. The second-order valence-electron chi connectivity index (χ2n) is 5.04. The van der Waals surface area contributed by atoms with Crippen molar-refractivity contribution in [3.63, 3.8) is 0 Å². The Hall–Kier alpha value is -1.11. The average Bonchev–Trinajstić information content (AvgIpc) is 2.41. The Balaban J connectivity index is 2.27. The van der Waals surface area contributed by atoms with Crippen molar-refractivity contribution >= 4 is 0 Å². The highest BCUT2D eigenvalue weighted by atomic mass is 19.4. The summed E-state index contributed by atoms with van der Waals surface area (Å²) in [4.78, 5) is 2.11. The summed E-state index contributed by atoms with van der Waals surface area (Å²) in [6.07, 6.45) is -4.33. The van der Waals surface area contributed by atoms with Gasteiger partial charge in [-0.15, -0.1) is 0 Å². The molecule has 20 heavy (non-hydrogen) atoms. The lowest BCUT2D eigenvalue weighted by Gasteiger charge is -2.39. The molecule has 1 aromatic rings. The Morgan fingerprint density at radius 1 is 1.45 bits per heavy atom. The highest BCUT2D eigenvalue weighted by Crippen LogP contribution is 2.32. The Kier molecular flexibility index (Phi) is 4.67. The Labute approximate surface area is 116 Å². The van der Waals surface area contributed by atoms with Crippen LogP contribution in [0, 0.1) is 0 Å². The third kappa shape index (κ3) is 3.31. The van der Waals surface area contributed by atoms with Crippen molar-refractivity contribution in [2.75, 3.05) is 26.3 Å². The molecule has 2 N–H and O–H groups in total. The van der Waals surface area contributed by atoms with Crippen molar-refractivity contribution in [3.8, 4) is 0 Å². The molecule has 0 spiro atoms. The molecule has 1 aliphatic rings. The largest absolute Gasteiger partial charge is 0.416 e. The molecular formula is C14H19F3N2O. The highest BCUT2D eigenvalue weighted by Gasteiger charge is 2.32. The number of nitrogens with zero attached hydrogens (tertiary/aromatic N) is 1. The van der Waals surface area contributed by atoms with Gasteiger partial charge in [0.1, 0.15) is 0 Å². The van der Waals surface area contributed by atoms with E-state index in [-0.39, 0.29) is 18.6 Å². The maximum absolute atomic E-state index is 12.8. The van der Waals surface area contributed by atoms with Crippen LogP contribution in [-0.4, -0.2) is 37.2 Å². The molecule has 6 heteroatoms. The van der Waals surface area contributed by atoms with Crippen LogP contribution in [0.25, 0.3) is 0 Å². The fourth-order valence-corrected chi connectivity index (χ4v) is 2.59. The summed E-state index contributed by atoms with van der Waals surface area (Å²) in [5.41, 5.74) is 5.77. The molecule has 0 aromatic heterocycles. The van der Waals surface area contributed by atoms with Crippen LogP contribution in [0.4, 0.5) is 13.2 Å². The van der Waals surface area contributed by atoms with Gasteiger partial charge in [0.15, 0.2) is 0 Å². The second-order valence-corrected chi connectivity index (χ2v) is 5.04. The van der Waals surface area contributed by atoms with Gasteiger partial charge >= 0.3 is 6.18 Å². The van der Waals surface area contributed by atoms with Gasteiger partial charge in [-0.25, -0.2) is 0 Å². The van der Waals surface area contributed by atoms with E-state index in [4.69, 9.17) is 10.5 Å². The lowest BCUT2D eigenvalue weighted by Crippen LogP contribution is -2.47. The highest BCUT2D eigenvalue weighted by molar-refractivity contribution is 5.28. The molecule has 1 saturated heterocycles. The quantitative estimate of drug-likeness (QED) is 0.928. The number of alkyl halides is 3. The van der Waals surface area contributed by atoms with Crippen molar-refractivity contribution in [1.82, 2.24) is 4.90 Å². The second kappa shape index (κ2) is 6.11. The number of hydrogen-bond acceptors (Lipinski definition) is 3. The van der Waals surface area contributed by atoms with Crippen LogP contribution in [0.3, 0.4) is 0 Å². The van der Waals surface area contributed by atoms with E-state index in [0.29, 0.717) is 25.3 Å². The van der Waals surface area contributed by atoms with Crippen LogP contribution >= 0.6 is 0 Å². The molecular weight excluding hydrogens is 269 g/mol. The molecule has 0 amide bonds. The lowest BCUT2D eigenvalue weighted by atomic mass is 10.0. The molecule has 1 aliphatic heterocycles. The molecule has 2 rings (SSSR count). The van der Waals surface area contributed by atoms with Crippen molar-refractivity contribution in [1.29, 1.82) is 0 Å². The predicted molar refractivity (Wildman–Crippen MR) is 70.2 cm³/mol. The molecule has 1 fully saturated rings. The van der Waals surface area contributed by atoms with Gasteiger partial charge in [0, 0.05) is 25.2 Å². The van der Waals surface area contributed by atoms with Crippen molar-refractivity contribution in [2.45, 2.75) is 25.2 Å². The van der Waals surface area contributed by atoms with Crippen LogP contribution in [0.1, 0.15) is 24.1 Å². The first-order chi connectivity index (χ1) is 9.43. The van der Waals surface area contributed by atoms with Crippen molar-refractivity contribution in [2.24, 2.45) is 5.73 Å². The molecule has 112 valence electrons. The van der Waals surface area contributed by atoms with E-state index < -0.39 is 11.7 Å². The average molecular weight is 288 g/mol. The van der Waals surface area contributed by atoms with Crippen LogP contribution < -0.4 is 5.73 Å². The number of nitrogens with two attached hydrogens (primary N) is 1. The van der Waals surface area contributed by atoms with Gasteiger partial charge < -0.3 is 10.5 Å². The molecule has 0 aliphatic carbocycles. The molecule has 0 bridgehead atoms. The SMILES string of the molecule is CC1COCCN1C(CN)c1cccc(C(F)(F)F)c1. The molecule has 2 unspecified atom stereocenters. The normalized spacial score (nSPS) is 22.8. The Morgan fingerprint density at radius 2 is 2.20 bits per heavy atom. The number of ether oxygens (including phenoxy) is 1. The minimum atomic E-state index is -4.33. The van der Waals surface area contributed by atoms with Gasteiger partial charge in [0.25, 0.3) is 0 Å². The van der Waals surface area contributed by atoms with Gasteiger partial charge in [0.2, 0.25) is 0 Å². The lowest BCUT2D eigenvalue weighted by molar-refractivity contribution is -0.137. The van der Waals surface area contributed by atoms with Gasteiger partial charge in [-0.1, -0.05) is 12.1 Å². The van der Waals surface area contributed by atoms with E-state index in [1.54, 1.807) is 6.07 Å². The number of hydrogen-bond donors (Lipinski definition) is 1. The van der Waals surface area contributed by atoms with Gasteiger partial charge in [-0.05, 0) is 24.6 Å². The van der Waals surface area contributed by atoms with Gasteiger partial charge in [-0.2, -0.15) is 13.2 Å². The smallest absolute Gasteiger partial charge is 0.379 e. The Bertz CT molecular complexity index is 450. The molecule has 1 heterocycles. The third-order valence-corrected chi connectivity index (χ3v) is 3.64. The maximum atomic E-state index is 12.8. The van der Waals surface area contributed by atoms with Crippen molar-refractivity contribution in [3.05, 3.63) is 35.4 Å². The summed E-state index contributed by atoms with van der Waals surface area (Å²) >= 11 is 0.